The molecule has 9 heteroatoms. The van der Waals surface area contributed by atoms with E-state index in [0.717, 1.165) is 0 Å². The van der Waals surface area contributed by atoms with Gasteiger partial charge in [0, 0.05) is 12.4 Å². The van der Waals surface area contributed by atoms with Crippen molar-refractivity contribution in [1.82, 2.24) is 24.9 Å². The van der Waals surface area contributed by atoms with Crippen molar-refractivity contribution in [3.05, 3.63) is 18.7 Å². The van der Waals surface area contributed by atoms with Crippen molar-refractivity contribution in [2.45, 2.75) is 0 Å². The molecule has 0 spiro atoms. The number of hydrogen-bond donors (Lipinski definition) is 4. The van der Waals surface area contributed by atoms with Crippen molar-refractivity contribution in [2.24, 2.45) is 0 Å². The van der Waals surface area contributed by atoms with E-state index < -0.39 is 7.19 Å². The van der Waals surface area contributed by atoms with Crippen molar-refractivity contribution in [2.75, 3.05) is 0 Å². The molecule has 2 heterocycles. The Hall–Kier alpha value is -0.755. The van der Waals surface area contributed by atoms with Gasteiger partial charge in [0.05, 0.1) is 6.33 Å². The van der Waals surface area contributed by atoms with Crippen molar-refractivity contribution in [3.63, 3.8) is 0 Å². The molecule has 1 aliphatic heterocycles. The number of nitrogens with one attached hydrogen (secondary N) is 3. The van der Waals surface area contributed by atoms with Gasteiger partial charge in [-0.3, -0.25) is 0 Å². The summed E-state index contributed by atoms with van der Waals surface area (Å²) in [7, 11) is 0.716. The summed E-state index contributed by atoms with van der Waals surface area (Å²) in [6, 6.07) is 0. The monoisotopic (exact) mass is 162 g/mol. The van der Waals surface area contributed by atoms with Gasteiger partial charge < -0.3 is 24.9 Å². The average Bonchev–Trinajstić information content (AvgIpc) is 2.56. The normalized spacial score (nSPS) is 17.8. The van der Waals surface area contributed by atoms with Crippen LogP contribution in [-0.4, -0.2) is 36.3 Å². The van der Waals surface area contributed by atoms with Gasteiger partial charge in [-0.2, -0.15) is 0 Å². The van der Waals surface area contributed by atoms with Crippen LogP contribution in [0.5, 0.6) is 0 Å². The van der Waals surface area contributed by atoms with Gasteiger partial charge in [-0.05, 0) is 0 Å². The lowest BCUT2D eigenvalue weighted by molar-refractivity contribution is 0.554. The summed E-state index contributed by atoms with van der Waals surface area (Å²) >= 11 is 0. The predicted molar refractivity (Wildman–Crippen MR) is 46.5 cm³/mol. The quantitative estimate of drug-likeness (QED) is 0.331. The molecule has 0 aliphatic carbocycles. The Bertz CT molecular complexity index is 242. The van der Waals surface area contributed by atoms with E-state index in [1.54, 1.807) is 30.7 Å². The minimum absolute atomic E-state index is 0.149. The largest absolute Gasteiger partial charge is 0.450 e. The van der Waals surface area contributed by atoms with Crippen LogP contribution < -0.4 is 15.4 Å². The van der Waals surface area contributed by atoms with Gasteiger partial charge in [-0.1, -0.05) is 0 Å². The van der Waals surface area contributed by atoms with Crippen molar-refractivity contribution in [1.29, 1.82) is 0 Å². The van der Waals surface area contributed by atoms with E-state index in [-0.39, 0.29) is 7.12 Å². The lowest BCUT2D eigenvalue weighted by atomic mass is 9.72. The van der Waals surface area contributed by atoms with Crippen LogP contribution in [0.4, 0.5) is 0 Å². The number of nitrogens with zero attached hydrogens (tertiary/aromatic N) is 2. The van der Waals surface area contributed by atoms with Crippen LogP contribution in [0.2, 0.25) is 0 Å². The zero-order valence-corrected chi connectivity index (χ0v) is 6.31. The first-order chi connectivity index (χ1) is 5.86. The Labute approximate surface area is 71.3 Å². The van der Waals surface area contributed by atoms with Crippen molar-refractivity contribution < 1.29 is 5.02 Å². The number of hydrogen-bond acceptors (Lipinski definition) is 5. The summed E-state index contributed by atoms with van der Waals surface area (Å²) < 4.78 is 1.81. The maximum atomic E-state index is 9.15. The summed E-state index contributed by atoms with van der Waals surface area (Å²) in [5, 5.41) is 17.6. The van der Waals surface area contributed by atoms with E-state index in [1.807, 2.05) is 0 Å². The smallest absolute Gasteiger partial charge is 0.425 e. The average molecular weight is 162 g/mol. The first kappa shape index (κ1) is 7.87. The van der Waals surface area contributed by atoms with E-state index in [1.165, 1.54) is 0 Å². The van der Waals surface area contributed by atoms with E-state index in [4.69, 9.17) is 5.02 Å². The Kier molecular flexibility index (Phi) is 2.18. The molecule has 0 amide bonds. The molecule has 59 valence electrons. The van der Waals surface area contributed by atoms with Gasteiger partial charge in [-0.25, -0.2) is 4.98 Å². The summed E-state index contributed by atoms with van der Waals surface area (Å²) in [4.78, 5) is 3.89. The Balaban J connectivity index is 2.04. The molecule has 1 saturated heterocycles. The number of imidazole rings is 1. The lowest BCUT2D eigenvalue weighted by Gasteiger charge is -2.23. The second-order valence-electron chi connectivity index (χ2n) is 2.46. The molecule has 1 aliphatic rings. The van der Waals surface area contributed by atoms with E-state index >= 15 is 0 Å². The molecule has 12 heavy (non-hydrogen) atoms. The molecule has 6 nitrogen and oxygen atoms in total. The molecule has 1 fully saturated rings. The topological polar surface area (TPSA) is 74.1 Å². The fraction of sp³-hybridized carbons (Fsp3) is 0. The fourth-order valence-corrected chi connectivity index (χ4v) is 1.05. The third-order valence-corrected chi connectivity index (χ3v) is 1.62. The molecule has 0 unspecified atom stereocenters. The molecule has 0 aromatic carbocycles. The number of rotatable bonds is 1. The fourth-order valence-electron chi connectivity index (χ4n) is 1.05. The molecule has 2 rings (SSSR count). The second kappa shape index (κ2) is 3.32. The van der Waals surface area contributed by atoms with Crippen LogP contribution in [0.1, 0.15) is 0 Å². The molecule has 1 aromatic rings. The number of aromatic nitrogens is 2. The Morgan fingerprint density at radius 1 is 1.50 bits per heavy atom. The molecule has 0 saturated carbocycles. The summed E-state index contributed by atoms with van der Waals surface area (Å²) in [6.45, 7) is 0. The SMILES string of the molecule is OB1N[B]NB(n2ccnc2)N1. The molecule has 4 N–H and O–H groups in total. The van der Waals surface area contributed by atoms with E-state index in [9.17, 15) is 0 Å². The van der Waals surface area contributed by atoms with E-state index in [0.29, 0.717) is 0 Å². The highest BCUT2D eigenvalue weighted by Gasteiger charge is 2.28. The third kappa shape index (κ3) is 1.53. The second-order valence-corrected chi connectivity index (χ2v) is 2.46. The minimum Gasteiger partial charge on any atom is -0.425 e. The van der Waals surface area contributed by atoms with Crippen LogP contribution in [0.15, 0.2) is 18.7 Å². The zero-order valence-electron chi connectivity index (χ0n) is 6.31. The van der Waals surface area contributed by atoms with Crippen LogP contribution in [0.25, 0.3) is 0 Å². The predicted octanol–water partition coefficient (Wildman–Crippen LogP) is -2.99. The van der Waals surface area contributed by atoms with Gasteiger partial charge in [0.25, 0.3) is 7.55 Å². The van der Waals surface area contributed by atoms with Gasteiger partial charge >= 0.3 is 14.3 Å². The van der Waals surface area contributed by atoms with E-state index in [2.05, 4.69) is 20.4 Å². The first-order valence-electron chi connectivity index (χ1n) is 3.61. The highest BCUT2D eigenvalue weighted by molar-refractivity contribution is 6.78. The summed E-state index contributed by atoms with van der Waals surface area (Å²) in [5.41, 5.74) is 0. The maximum absolute atomic E-state index is 9.15. The Morgan fingerprint density at radius 3 is 3.08 bits per heavy atom. The van der Waals surface area contributed by atoms with Gasteiger partial charge in [0.1, 0.15) is 0 Å². The van der Waals surface area contributed by atoms with Crippen molar-refractivity contribution >= 4 is 21.9 Å². The molecule has 1 radical (unpaired) electrons. The van der Waals surface area contributed by atoms with Crippen LogP contribution in [-0.2, 0) is 0 Å². The van der Waals surface area contributed by atoms with Gasteiger partial charge in [0.15, 0.2) is 0 Å². The van der Waals surface area contributed by atoms with Crippen molar-refractivity contribution in [3.8, 4) is 0 Å². The molecular formula is C3H7B3N5O. The summed E-state index contributed by atoms with van der Waals surface area (Å²) in [6.07, 6.45) is 5.14. The molecule has 1 aromatic heterocycles. The molecule has 0 atom stereocenters. The van der Waals surface area contributed by atoms with Crippen LogP contribution in [0, 0.1) is 0 Å². The lowest BCUT2D eigenvalue weighted by Crippen LogP contribution is -2.72. The highest BCUT2D eigenvalue weighted by atomic mass is 16.2. The van der Waals surface area contributed by atoms with Gasteiger partial charge in [-0.15, -0.1) is 0 Å². The molecular weight excluding hydrogens is 155 g/mol. The third-order valence-electron chi connectivity index (χ3n) is 1.62. The Morgan fingerprint density at radius 2 is 2.42 bits per heavy atom. The van der Waals surface area contributed by atoms with Gasteiger partial charge in [0.2, 0.25) is 0 Å². The first-order valence-corrected chi connectivity index (χ1v) is 3.61. The minimum atomic E-state index is -0.723. The zero-order chi connectivity index (χ0) is 8.39. The molecule has 0 bridgehead atoms. The van der Waals surface area contributed by atoms with Crippen LogP contribution >= 0.6 is 0 Å². The summed E-state index contributed by atoms with van der Waals surface area (Å²) in [5.74, 6) is 0. The highest BCUT2D eigenvalue weighted by Crippen LogP contribution is 1.86. The van der Waals surface area contributed by atoms with Crippen LogP contribution in [0.3, 0.4) is 0 Å². The standard InChI is InChI=1S/C3H7B3N5O/c12-6-9-4-8-5(10-6)11-2-1-7-3-11/h1-3,8-10,12H. The maximum Gasteiger partial charge on any atom is 0.450 e.